The van der Waals surface area contributed by atoms with Crippen molar-refractivity contribution in [3.8, 4) is 6.07 Å². The normalized spacial score (nSPS) is 38.7. The molecule has 1 aromatic rings. The molecule has 7 nitrogen and oxygen atoms in total. The van der Waals surface area contributed by atoms with Gasteiger partial charge in [0, 0.05) is 37.6 Å². The zero-order valence-electron chi connectivity index (χ0n) is 19.7. The minimum Gasteiger partial charge on any atom is -0.379 e. The highest BCUT2D eigenvalue weighted by Gasteiger charge is 2.79. The Labute approximate surface area is 195 Å². The van der Waals surface area contributed by atoms with E-state index in [-0.39, 0.29) is 48.0 Å². The monoisotopic (exact) mass is 451 g/mol. The molecule has 7 unspecified atom stereocenters. The molecule has 1 amide bonds. The van der Waals surface area contributed by atoms with Gasteiger partial charge in [0.05, 0.1) is 37.0 Å². The van der Waals surface area contributed by atoms with Gasteiger partial charge in [-0.05, 0) is 37.9 Å². The molecule has 7 heteroatoms. The predicted molar refractivity (Wildman–Crippen MR) is 123 cm³/mol. The summed E-state index contributed by atoms with van der Waals surface area (Å²) in [4.78, 5) is 18.5. The molecule has 0 N–H and O–H groups in total. The zero-order chi connectivity index (χ0) is 23.4. The van der Waals surface area contributed by atoms with E-state index >= 15 is 0 Å². The van der Waals surface area contributed by atoms with Gasteiger partial charge in [-0.2, -0.15) is 5.26 Å². The van der Waals surface area contributed by atoms with Gasteiger partial charge >= 0.3 is 0 Å². The van der Waals surface area contributed by atoms with E-state index in [0.717, 1.165) is 17.8 Å². The Hall–Kier alpha value is -2.24. The van der Waals surface area contributed by atoms with Crippen molar-refractivity contribution in [1.82, 2.24) is 4.90 Å². The number of rotatable bonds is 8. The molecule has 2 heterocycles. The number of anilines is 1. The summed E-state index contributed by atoms with van der Waals surface area (Å²) in [6.07, 6.45) is 2.35. The van der Waals surface area contributed by atoms with Crippen molar-refractivity contribution < 1.29 is 19.0 Å². The number of likely N-dealkylation sites (tertiary alicyclic amines) is 1. The van der Waals surface area contributed by atoms with Crippen molar-refractivity contribution in [3.63, 3.8) is 0 Å². The molecular formula is C26H33N3O4. The Kier molecular flexibility index (Phi) is 5.61. The lowest BCUT2D eigenvalue weighted by Crippen LogP contribution is -2.62. The summed E-state index contributed by atoms with van der Waals surface area (Å²) in [6, 6.07) is 10.6. The SMILES string of the molecule is C=CC12CN(C)C3C(C#N)C1CC(OCCOCC)C1(C(=O)N(COC)c4ccccc41)C32. The number of nitrogens with zero attached hydrogens (tertiary/aromatic N) is 3. The van der Waals surface area contributed by atoms with Gasteiger partial charge in [-0.15, -0.1) is 6.58 Å². The number of carbonyl (C=O) groups is 1. The number of benzene rings is 1. The fraction of sp³-hybridized carbons (Fsp3) is 0.615. The van der Waals surface area contributed by atoms with E-state index in [1.807, 2.05) is 31.2 Å². The van der Waals surface area contributed by atoms with E-state index in [4.69, 9.17) is 14.2 Å². The van der Waals surface area contributed by atoms with Gasteiger partial charge in [-0.3, -0.25) is 9.69 Å². The molecule has 2 aliphatic carbocycles. The molecule has 33 heavy (non-hydrogen) atoms. The lowest BCUT2D eigenvalue weighted by molar-refractivity contribution is -0.145. The molecule has 1 spiro atoms. The van der Waals surface area contributed by atoms with Crippen LogP contribution in [0.1, 0.15) is 18.9 Å². The van der Waals surface area contributed by atoms with Crippen LogP contribution in [0.25, 0.3) is 0 Å². The fourth-order valence-electron chi connectivity index (χ4n) is 7.76. The quantitative estimate of drug-likeness (QED) is 0.447. The Balaban J connectivity index is 1.71. The molecule has 3 fully saturated rings. The van der Waals surface area contributed by atoms with Gasteiger partial charge in [0.15, 0.2) is 0 Å². The van der Waals surface area contributed by atoms with Crippen molar-refractivity contribution in [2.24, 2.45) is 23.2 Å². The number of para-hydroxylation sites is 1. The number of fused-ring (bicyclic) bond motifs is 2. The summed E-state index contributed by atoms with van der Waals surface area (Å²) in [7, 11) is 3.68. The lowest BCUT2D eigenvalue weighted by Gasteiger charge is -2.52. The molecule has 5 rings (SSSR count). The minimum atomic E-state index is -0.896. The van der Waals surface area contributed by atoms with E-state index in [9.17, 15) is 10.1 Å². The van der Waals surface area contributed by atoms with E-state index in [1.54, 1.807) is 12.0 Å². The molecule has 7 atom stereocenters. The Morgan fingerprint density at radius 2 is 2.12 bits per heavy atom. The summed E-state index contributed by atoms with van der Waals surface area (Å²) in [5.74, 6) is -0.130. The maximum atomic E-state index is 14.5. The highest BCUT2D eigenvalue weighted by atomic mass is 16.5. The molecule has 0 aromatic heterocycles. The second kappa shape index (κ2) is 8.21. The molecule has 2 saturated carbocycles. The third-order valence-electron chi connectivity index (χ3n) is 8.69. The van der Waals surface area contributed by atoms with E-state index in [2.05, 4.69) is 30.7 Å². The summed E-state index contributed by atoms with van der Waals surface area (Å²) in [5.41, 5.74) is 0.656. The third-order valence-corrected chi connectivity index (χ3v) is 8.69. The minimum absolute atomic E-state index is 0.0144. The average Bonchev–Trinajstić information content (AvgIpc) is 3.32. The number of ether oxygens (including phenoxy) is 3. The van der Waals surface area contributed by atoms with Crippen LogP contribution in [0.3, 0.4) is 0 Å². The lowest BCUT2D eigenvalue weighted by atomic mass is 9.52. The summed E-state index contributed by atoms with van der Waals surface area (Å²) >= 11 is 0. The smallest absolute Gasteiger partial charge is 0.242 e. The number of nitriles is 1. The Bertz CT molecular complexity index is 992. The first kappa shape index (κ1) is 22.5. The van der Waals surface area contributed by atoms with Crippen LogP contribution in [0.4, 0.5) is 5.69 Å². The highest BCUT2D eigenvalue weighted by Crippen LogP contribution is 2.72. The van der Waals surface area contributed by atoms with E-state index < -0.39 is 5.41 Å². The van der Waals surface area contributed by atoms with Crippen LogP contribution in [0.15, 0.2) is 36.9 Å². The van der Waals surface area contributed by atoms with Crippen LogP contribution < -0.4 is 4.90 Å². The largest absolute Gasteiger partial charge is 0.379 e. The zero-order valence-corrected chi connectivity index (χ0v) is 19.7. The fourth-order valence-corrected chi connectivity index (χ4v) is 7.76. The number of carbonyl (C=O) groups excluding carboxylic acids is 1. The van der Waals surface area contributed by atoms with Crippen LogP contribution in [0.2, 0.25) is 0 Å². The molecule has 176 valence electrons. The van der Waals surface area contributed by atoms with Crippen LogP contribution in [0.5, 0.6) is 0 Å². The third kappa shape index (κ3) is 2.72. The summed E-state index contributed by atoms with van der Waals surface area (Å²) < 4.78 is 17.5. The summed E-state index contributed by atoms with van der Waals surface area (Å²) in [5, 5.41) is 10.2. The van der Waals surface area contributed by atoms with Gasteiger partial charge in [0.25, 0.3) is 0 Å². The molecule has 1 aromatic carbocycles. The van der Waals surface area contributed by atoms with Crippen molar-refractivity contribution in [2.75, 3.05) is 52.2 Å². The number of hydrogen-bond acceptors (Lipinski definition) is 6. The van der Waals surface area contributed by atoms with Crippen molar-refractivity contribution in [3.05, 3.63) is 42.5 Å². The molecule has 4 aliphatic rings. The first-order valence-electron chi connectivity index (χ1n) is 11.9. The number of hydrogen-bond donors (Lipinski definition) is 0. The predicted octanol–water partition coefficient (Wildman–Crippen LogP) is 2.57. The topological polar surface area (TPSA) is 75.0 Å². The van der Waals surface area contributed by atoms with E-state index in [0.29, 0.717) is 26.2 Å². The highest BCUT2D eigenvalue weighted by molar-refractivity contribution is 6.09. The number of methoxy groups -OCH3 is 1. The van der Waals surface area contributed by atoms with Gasteiger partial charge < -0.3 is 19.1 Å². The first-order chi connectivity index (χ1) is 16.0. The molecular weight excluding hydrogens is 418 g/mol. The van der Waals surface area contributed by atoms with Gasteiger partial charge in [0.1, 0.15) is 12.1 Å². The molecule has 0 radical (unpaired) electrons. The Morgan fingerprint density at radius 1 is 1.33 bits per heavy atom. The van der Waals surface area contributed by atoms with Crippen LogP contribution in [-0.4, -0.2) is 70.2 Å². The van der Waals surface area contributed by atoms with Gasteiger partial charge in [-0.25, -0.2) is 0 Å². The standard InChI is InChI=1S/C26H33N3O4/c1-5-25-15-28(3)22-17(14-27)19(25)13-21(33-12-11-32-6-2)26(23(22)25)18-9-7-8-10-20(18)29(16-31-4)24(26)30/h5,7-10,17,19,21-23H,1,6,11-13,15-16H2,2-4H3. The first-order valence-corrected chi connectivity index (χ1v) is 11.9. The van der Waals surface area contributed by atoms with Gasteiger partial charge in [-0.1, -0.05) is 24.3 Å². The van der Waals surface area contributed by atoms with E-state index in [1.165, 1.54) is 0 Å². The van der Waals surface area contributed by atoms with Crippen LogP contribution in [-0.2, 0) is 24.4 Å². The summed E-state index contributed by atoms with van der Waals surface area (Å²) in [6.45, 7) is 8.72. The molecule has 4 bridgehead atoms. The van der Waals surface area contributed by atoms with Crippen LogP contribution >= 0.6 is 0 Å². The van der Waals surface area contributed by atoms with Crippen molar-refractivity contribution in [2.45, 2.75) is 30.9 Å². The van der Waals surface area contributed by atoms with Gasteiger partial charge in [0.2, 0.25) is 5.91 Å². The second-order valence-corrected chi connectivity index (χ2v) is 9.79. The molecule has 1 saturated heterocycles. The number of piperidine rings is 1. The second-order valence-electron chi connectivity index (χ2n) is 9.79. The average molecular weight is 452 g/mol. The maximum Gasteiger partial charge on any atom is 0.242 e. The van der Waals surface area contributed by atoms with Crippen molar-refractivity contribution in [1.29, 1.82) is 5.26 Å². The Morgan fingerprint density at radius 3 is 2.82 bits per heavy atom. The number of amides is 1. The molecule has 2 aliphatic heterocycles. The van der Waals surface area contributed by atoms with Crippen LogP contribution in [0, 0.1) is 34.5 Å². The van der Waals surface area contributed by atoms with Crippen molar-refractivity contribution >= 4 is 11.6 Å². The maximum absolute atomic E-state index is 14.5.